The summed E-state index contributed by atoms with van der Waals surface area (Å²) in [7, 11) is -2.07. The molecule has 2 aromatic rings. The average Bonchev–Trinajstić information content (AvgIpc) is 3.17. The first-order valence-electron chi connectivity index (χ1n) is 10.9. The second kappa shape index (κ2) is 10.4. The molecule has 0 radical (unpaired) electrons. The van der Waals surface area contributed by atoms with Crippen LogP contribution in [-0.2, 0) is 14.8 Å². The van der Waals surface area contributed by atoms with Crippen LogP contribution in [0.25, 0.3) is 12.2 Å². The summed E-state index contributed by atoms with van der Waals surface area (Å²) < 4.78 is 47.2. The maximum Gasteiger partial charge on any atom is 0.248 e. The van der Waals surface area contributed by atoms with E-state index in [2.05, 4.69) is 12.1 Å². The van der Waals surface area contributed by atoms with Gasteiger partial charge in [-0.15, -0.1) is 0 Å². The quantitative estimate of drug-likeness (QED) is 0.592. The van der Waals surface area contributed by atoms with Gasteiger partial charge in [-0.1, -0.05) is 36.7 Å². The van der Waals surface area contributed by atoms with Crippen molar-refractivity contribution in [3.8, 4) is 0 Å². The molecule has 7 nitrogen and oxygen atoms in total. The van der Waals surface area contributed by atoms with Crippen LogP contribution in [0.5, 0.6) is 0 Å². The third-order valence-electron chi connectivity index (χ3n) is 5.78. The summed E-state index contributed by atoms with van der Waals surface area (Å²) in [4.78, 5) is 14.4. The number of aryl methyl sites for hydroxylation is 1. The number of hydrogen-bond donors (Lipinski definition) is 0. The molecule has 3 rings (SSSR count). The number of nitrogens with zero attached hydrogens (tertiary/aromatic N) is 3. The van der Waals surface area contributed by atoms with Gasteiger partial charge in [0.2, 0.25) is 15.9 Å². The molecule has 0 N–H and O–H groups in total. The van der Waals surface area contributed by atoms with Crippen LogP contribution in [0.15, 0.2) is 33.7 Å². The predicted molar refractivity (Wildman–Crippen MR) is 121 cm³/mol. The number of hydrogen-bond acceptors (Lipinski definition) is 5. The monoisotopic (exact) mass is 463 g/mol. The summed E-state index contributed by atoms with van der Waals surface area (Å²) in [5.74, 6) is -0.458. The molecule has 0 spiro atoms. The molecule has 174 valence electrons. The number of benzene rings is 1. The zero-order chi connectivity index (χ0) is 23.3. The first kappa shape index (κ1) is 24.1. The van der Waals surface area contributed by atoms with Gasteiger partial charge in [-0.3, -0.25) is 4.79 Å². The van der Waals surface area contributed by atoms with Gasteiger partial charge in [-0.05, 0) is 44.4 Å². The summed E-state index contributed by atoms with van der Waals surface area (Å²) in [6.07, 6.45) is 5.79. The van der Waals surface area contributed by atoms with Gasteiger partial charge in [-0.2, -0.15) is 4.31 Å². The van der Waals surface area contributed by atoms with E-state index in [9.17, 15) is 17.6 Å². The van der Waals surface area contributed by atoms with Gasteiger partial charge in [0.15, 0.2) is 10.7 Å². The van der Waals surface area contributed by atoms with E-state index < -0.39 is 15.8 Å². The lowest BCUT2D eigenvalue weighted by atomic mass is 9.96. The summed E-state index contributed by atoms with van der Waals surface area (Å²) >= 11 is 0. The van der Waals surface area contributed by atoms with Crippen LogP contribution in [0.1, 0.15) is 49.6 Å². The fraction of sp³-hybridized carbons (Fsp3) is 0.478. The highest BCUT2D eigenvalue weighted by Gasteiger charge is 2.36. The van der Waals surface area contributed by atoms with E-state index in [0.717, 1.165) is 12.8 Å². The smallest absolute Gasteiger partial charge is 0.248 e. The highest BCUT2D eigenvalue weighted by Crippen LogP contribution is 2.30. The summed E-state index contributed by atoms with van der Waals surface area (Å²) in [5.41, 5.74) is 0.562. The molecule has 0 unspecified atom stereocenters. The second-order valence-electron chi connectivity index (χ2n) is 8.11. The van der Waals surface area contributed by atoms with E-state index in [0.29, 0.717) is 24.9 Å². The summed E-state index contributed by atoms with van der Waals surface area (Å²) in [5, 5.41) is 3.82. The molecule has 1 aliphatic heterocycles. The number of amides is 1. The lowest BCUT2D eigenvalue weighted by Gasteiger charge is -2.32. The largest absolute Gasteiger partial charge is 0.355 e. The Morgan fingerprint density at radius 3 is 2.62 bits per heavy atom. The molecule has 1 amide bonds. The Balaban J connectivity index is 1.74. The number of aromatic nitrogens is 1. The van der Waals surface area contributed by atoms with Crippen molar-refractivity contribution >= 4 is 28.1 Å². The molecular weight excluding hydrogens is 433 g/mol. The molecule has 2 heterocycles. The normalized spacial score (nSPS) is 16.0. The molecule has 0 saturated carbocycles. The van der Waals surface area contributed by atoms with Gasteiger partial charge in [0.25, 0.3) is 0 Å². The van der Waals surface area contributed by atoms with Crippen LogP contribution in [0.4, 0.5) is 4.39 Å². The van der Waals surface area contributed by atoms with Crippen molar-refractivity contribution in [2.75, 3.05) is 26.7 Å². The fourth-order valence-corrected chi connectivity index (χ4v) is 5.58. The van der Waals surface area contributed by atoms with Crippen LogP contribution in [0.3, 0.4) is 0 Å². The number of carbonyl (C=O) groups is 1. The standard InChI is InChI=1S/C23H30FN3O4S/c1-4-5-14-26(3)23(28)19-12-15-27(16-13-19)32(29,30)22-17(2)25-31-21(22)11-10-18-8-6-7-9-20(18)24/h6-11,19H,4-5,12-16H2,1-3H3/b11-10+. The molecule has 1 aromatic carbocycles. The Labute approximate surface area is 188 Å². The van der Waals surface area contributed by atoms with Crippen LogP contribution >= 0.6 is 0 Å². The van der Waals surface area contributed by atoms with Crippen molar-refractivity contribution in [3.63, 3.8) is 0 Å². The number of carbonyl (C=O) groups excluding carboxylic acids is 1. The van der Waals surface area contributed by atoms with E-state index >= 15 is 0 Å². The second-order valence-corrected chi connectivity index (χ2v) is 9.98. The number of rotatable bonds is 8. The van der Waals surface area contributed by atoms with Crippen molar-refractivity contribution in [2.24, 2.45) is 5.92 Å². The van der Waals surface area contributed by atoms with Gasteiger partial charge in [0, 0.05) is 38.2 Å². The van der Waals surface area contributed by atoms with Gasteiger partial charge in [0.05, 0.1) is 0 Å². The molecule has 0 aliphatic carbocycles. The van der Waals surface area contributed by atoms with E-state index in [1.54, 1.807) is 37.1 Å². The van der Waals surface area contributed by atoms with Crippen LogP contribution in [0, 0.1) is 18.7 Å². The number of sulfonamides is 1. The minimum atomic E-state index is -3.87. The van der Waals surface area contributed by atoms with E-state index in [-0.39, 0.29) is 41.3 Å². The Morgan fingerprint density at radius 1 is 1.28 bits per heavy atom. The minimum Gasteiger partial charge on any atom is -0.355 e. The first-order chi connectivity index (χ1) is 15.3. The maximum atomic E-state index is 13.9. The highest BCUT2D eigenvalue weighted by atomic mass is 32.2. The molecule has 1 fully saturated rings. The van der Waals surface area contributed by atoms with Crippen molar-refractivity contribution in [3.05, 3.63) is 47.1 Å². The van der Waals surface area contributed by atoms with Crippen LogP contribution in [0.2, 0.25) is 0 Å². The lowest BCUT2D eigenvalue weighted by molar-refractivity contribution is -0.135. The van der Waals surface area contributed by atoms with Crippen LogP contribution < -0.4 is 0 Å². The highest BCUT2D eigenvalue weighted by molar-refractivity contribution is 7.89. The predicted octanol–water partition coefficient (Wildman–Crippen LogP) is 3.95. The summed E-state index contributed by atoms with van der Waals surface area (Å²) in [6, 6.07) is 6.19. The molecular formula is C23H30FN3O4S. The number of piperidine rings is 1. The Hall–Kier alpha value is -2.52. The maximum absolute atomic E-state index is 13.9. The third kappa shape index (κ3) is 5.27. The van der Waals surface area contributed by atoms with Crippen molar-refractivity contribution in [1.29, 1.82) is 0 Å². The van der Waals surface area contributed by atoms with E-state index in [1.807, 2.05) is 0 Å². The van der Waals surface area contributed by atoms with Gasteiger partial charge < -0.3 is 9.42 Å². The Morgan fingerprint density at radius 2 is 1.97 bits per heavy atom. The molecule has 1 saturated heterocycles. The minimum absolute atomic E-state index is 0.0186. The molecule has 9 heteroatoms. The third-order valence-corrected chi connectivity index (χ3v) is 7.83. The zero-order valence-corrected chi connectivity index (χ0v) is 19.6. The van der Waals surface area contributed by atoms with E-state index in [4.69, 9.17) is 4.52 Å². The van der Waals surface area contributed by atoms with E-state index in [1.165, 1.54) is 22.5 Å². The van der Waals surface area contributed by atoms with Gasteiger partial charge in [-0.25, -0.2) is 12.8 Å². The Kier molecular flexibility index (Phi) is 7.84. The van der Waals surface area contributed by atoms with Crippen molar-refractivity contribution in [1.82, 2.24) is 14.4 Å². The van der Waals surface area contributed by atoms with Crippen molar-refractivity contribution < 1.29 is 22.1 Å². The van der Waals surface area contributed by atoms with Crippen LogP contribution in [-0.4, -0.2) is 55.4 Å². The topological polar surface area (TPSA) is 83.7 Å². The van der Waals surface area contributed by atoms with Crippen molar-refractivity contribution in [2.45, 2.75) is 44.4 Å². The molecule has 1 aliphatic rings. The zero-order valence-electron chi connectivity index (χ0n) is 18.8. The van der Waals surface area contributed by atoms with Gasteiger partial charge in [0.1, 0.15) is 11.5 Å². The SMILES string of the molecule is CCCCN(C)C(=O)C1CCN(S(=O)(=O)c2c(C)noc2/C=C/c2ccccc2F)CC1. The molecule has 1 aromatic heterocycles. The molecule has 0 bridgehead atoms. The van der Waals surface area contributed by atoms with Gasteiger partial charge >= 0.3 is 0 Å². The number of halogens is 1. The lowest BCUT2D eigenvalue weighted by Crippen LogP contribution is -2.43. The molecule has 0 atom stereocenters. The fourth-order valence-electron chi connectivity index (χ4n) is 3.86. The molecule has 32 heavy (non-hydrogen) atoms. The average molecular weight is 464 g/mol. The number of unbranched alkanes of at least 4 members (excludes halogenated alkanes) is 1. The summed E-state index contributed by atoms with van der Waals surface area (Å²) in [6.45, 7) is 4.86. The first-order valence-corrected chi connectivity index (χ1v) is 12.3. The Bertz CT molecular complexity index is 1070.